The average Bonchev–Trinajstić information content (AvgIpc) is 2.17. The van der Waals surface area contributed by atoms with Crippen LogP contribution in [-0.4, -0.2) is 12.6 Å². The normalized spacial score (nSPS) is 12.5. The molecule has 0 aromatic carbocycles. The molecule has 0 N–H and O–H groups in total. The van der Waals surface area contributed by atoms with E-state index in [0.29, 0.717) is 18.9 Å². The van der Waals surface area contributed by atoms with Crippen molar-refractivity contribution >= 4 is 5.97 Å². The van der Waals surface area contributed by atoms with Crippen molar-refractivity contribution in [1.82, 2.24) is 0 Å². The van der Waals surface area contributed by atoms with Gasteiger partial charge in [0.25, 0.3) is 0 Å². The van der Waals surface area contributed by atoms with Crippen LogP contribution in [0.15, 0.2) is 23.8 Å². The van der Waals surface area contributed by atoms with E-state index >= 15 is 0 Å². The maximum atomic E-state index is 10.8. The number of rotatable bonds is 6. The van der Waals surface area contributed by atoms with Gasteiger partial charge in [0.1, 0.15) is 0 Å². The van der Waals surface area contributed by atoms with Crippen molar-refractivity contribution in [1.29, 1.82) is 0 Å². The molecule has 1 atom stereocenters. The SMILES string of the molecule is CCC(=O)OCCC(C)/C=C/C=C(C)C. The molecule has 0 spiro atoms. The maximum Gasteiger partial charge on any atom is 0.305 e. The van der Waals surface area contributed by atoms with Gasteiger partial charge in [-0.05, 0) is 26.2 Å². The van der Waals surface area contributed by atoms with E-state index in [0.717, 1.165) is 6.42 Å². The Balaban J connectivity index is 3.66. The molecular weight excluding hydrogens is 188 g/mol. The van der Waals surface area contributed by atoms with Crippen molar-refractivity contribution in [2.45, 2.75) is 40.5 Å². The number of hydrogen-bond acceptors (Lipinski definition) is 2. The molecule has 0 aromatic rings. The van der Waals surface area contributed by atoms with Crippen molar-refractivity contribution in [2.24, 2.45) is 5.92 Å². The zero-order valence-electron chi connectivity index (χ0n) is 10.2. The molecule has 0 rings (SSSR count). The highest BCUT2D eigenvalue weighted by molar-refractivity contribution is 5.68. The van der Waals surface area contributed by atoms with Gasteiger partial charge < -0.3 is 4.74 Å². The molecule has 0 amide bonds. The number of carbonyl (C=O) groups is 1. The first-order chi connectivity index (χ1) is 7.06. The molecule has 15 heavy (non-hydrogen) atoms. The topological polar surface area (TPSA) is 26.3 Å². The smallest absolute Gasteiger partial charge is 0.305 e. The fourth-order valence-corrected chi connectivity index (χ4v) is 0.995. The average molecular weight is 210 g/mol. The standard InChI is InChI=1S/C13H22O2/c1-5-13(14)15-10-9-12(4)8-6-7-11(2)3/h6-8,12H,5,9-10H2,1-4H3/b8-6+. The van der Waals surface area contributed by atoms with Crippen molar-refractivity contribution in [2.75, 3.05) is 6.61 Å². The van der Waals surface area contributed by atoms with E-state index < -0.39 is 0 Å². The Bertz CT molecular complexity index is 235. The fraction of sp³-hybridized carbons (Fsp3) is 0.615. The third-order valence-electron chi connectivity index (χ3n) is 1.99. The summed E-state index contributed by atoms with van der Waals surface area (Å²) in [7, 11) is 0. The summed E-state index contributed by atoms with van der Waals surface area (Å²) in [5, 5.41) is 0. The van der Waals surface area contributed by atoms with Crippen LogP contribution in [0, 0.1) is 5.92 Å². The predicted molar refractivity (Wildman–Crippen MR) is 63.6 cm³/mol. The van der Waals surface area contributed by atoms with Crippen LogP contribution in [0.1, 0.15) is 40.5 Å². The Hall–Kier alpha value is -1.05. The molecule has 0 saturated heterocycles. The Kier molecular flexibility index (Phi) is 7.69. The summed E-state index contributed by atoms with van der Waals surface area (Å²) in [6.45, 7) is 8.58. The summed E-state index contributed by atoms with van der Waals surface area (Å²) in [5.41, 5.74) is 1.29. The summed E-state index contributed by atoms with van der Waals surface area (Å²) in [6, 6.07) is 0. The van der Waals surface area contributed by atoms with Crippen molar-refractivity contribution in [3.05, 3.63) is 23.8 Å². The molecule has 0 aliphatic rings. The molecule has 0 aromatic heterocycles. The van der Waals surface area contributed by atoms with Crippen LogP contribution in [-0.2, 0) is 9.53 Å². The van der Waals surface area contributed by atoms with Crippen molar-refractivity contribution in [3.8, 4) is 0 Å². The molecule has 1 unspecified atom stereocenters. The second-order valence-electron chi connectivity index (χ2n) is 3.97. The van der Waals surface area contributed by atoms with Gasteiger partial charge in [0.2, 0.25) is 0 Å². The van der Waals surface area contributed by atoms with Crippen LogP contribution < -0.4 is 0 Å². The van der Waals surface area contributed by atoms with Crippen LogP contribution >= 0.6 is 0 Å². The summed E-state index contributed by atoms with van der Waals surface area (Å²) < 4.78 is 5.00. The van der Waals surface area contributed by atoms with Gasteiger partial charge in [-0.15, -0.1) is 0 Å². The van der Waals surface area contributed by atoms with Crippen LogP contribution in [0.4, 0.5) is 0 Å². The monoisotopic (exact) mass is 210 g/mol. The molecule has 0 fully saturated rings. The highest BCUT2D eigenvalue weighted by atomic mass is 16.5. The first-order valence-corrected chi connectivity index (χ1v) is 5.53. The second kappa shape index (κ2) is 8.27. The molecule has 0 heterocycles. The molecular formula is C13H22O2. The first-order valence-electron chi connectivity index (χ1n) is 5.53. The lowest BCUT2D eigenvalue weighted by Crippen LogP contribution is -2.06. The first kappa shape index (κ1) is 13.9. The van der Waals surface area contributed by atoms with Gasteiger partial charge in [0, 0.05) is 6.42 Å². The molecule has 0 radical (unpaired) electrons. The minimum atomic E-state index is -0.115. The van der Waals surface area contributed by atoms with Gasteiger partial charge in [-0.25, -0.2) is 0 Å². The van der Waals surface area contributed by atoms with E-state index in [4.69, 9.17) is 4.74 Å². The van der Waals surface area contributed by atoms with E-state index in [2.05, 4.69) is 39.0 Å². The third-order valence-corrected chi connectivity index (χ3v) is 1.99. The van der Waals surface area contributed by atoms with Gasteiger partial charge in [-0.1, -0.05) is 37.6 Å². The molecule has 2 nitrogen and oxygen atoms in total. The summed E-state index contributed by atoms with van der Waals surface area (Å²) in [5.74, 6) is 0.334. The Morgan fingerprint density at radius 2 is 2.07 bits per heavy atom. The lowest BCUT2D eigenvalue weighted by atomic mass is 10.1. The number of esters is 1. The van der Waals surface area contributed by atoms with Crippen LogP contribution in [0.3, 0.4) is 0 Å². The fourth-order valence-electron chi connectivity index (χ4n) is 0.995. The Morgan fingerprint density at radius 1 is 1.40 bits per heavy atom. The Labute approximate surface area is 93.0 Å². The van der Waals surface area contributed by atoms with E-state index in [1.807, 2.05) is 0 Å². The molecule has 0 aliphatic heterocycles. The molecule has 2 heteroatoms. The molecule has 86 valence electrons. The third kappa shape index (κ3) is 9.26. The second-order valence-corrected chi connectivity index (χ2v) is 3.97. The molecule has 0 saturated carbocycles. The van der Waals surface area contributed by atoms with E-state index in [9.17, 15) is 4.79 Å². The van der Waals surface area contributed by atoms with Gasteiger partial charge >= 0.3 is 5.97 Å². The van der Waals surface area contributed by atoms with Crippen LogP contribution in [0.2, 0.25) is 0 Å². The number of allylic oxidation sites excluding steroid dienone is 4. The van der Waals surface area contributed by atoms with Crippen LogP contribution in [0.5, 0.6) is 0 Å². The summed E-state index contributed by atoms with van der Waals surface area (Å²) in [6.07, 6.45) is 7.61. The quantitative estimate of drug-likeness (QED) is 0.495. The number of carbonyl (C=O) groups excluding carboxylic acids is 1. The highest BCUT2D eigenvalue weighted by Crippen LogP contribution is 2.05. The lowest BCUT2D eigenvalue weighted by Gasteiger charge is -2.06. The number of ether oxygens (including phenoxy) is 1. The Morgan fingerprint density at radius 3 is 2.60 bits per heavy atom. The van der Waals surface area contributed by atoms with E-state index in [1.165, 1.54) is 5.57 Å². The maximum absolute atomic E-state index is 10.8. The molecule has 0 bridgehead atoms. The predicted octanol–water partition coefficient (Wildman–Crippen LogP) is 3.49. The zero-order valence-corrected chi connectivity index (χ0v) is 10.2. The highest BCUT2D eigenvalue weighted by Gasteiger charge is 2.00. The largest absolute Gasteiger partial charge is 0.466 e. The summed E-state index contributed by atoms with van der Waals surface area (Å²) >= 11 is 0. The zero-order chi connectivity index (χ0) is 11.7. The van der Waals surface area contributed by atoms with Crippen molar-refractivity contribution in [3.63, 3.8) is 0 Å². The minimum Gasteiger partial charge on any atom is -0.466 e. The minimum absolute atomic E-state index is 0.115. The van der Waals surface area contributed by atoms with Crippen molar-refractivity contribution < 1.29 is 9.53 Å². The van der Waals surface area contributed by atoms with E-state index in [-0.39, 0.29) is 5.97 Å². The van der Waals surface area contributed by atoms with Gasteiger partial charge in [-0.2, -0.15) is 0 Å². The lowest BCUT2D eigenvalue weighted by molar-refractivity contribution is -0.143. The van der Waals surface area contributed by atoms with Gasteiger partial charge in [0.05, 0.1) is 6.61 Å². The van der Waals surface area contributed by atoms with Crippen LogP contribution in [0.25, 0.3) is 0 Å². The van der Waals surface area contributed by atoms with Gasteiger partial charge in [-0.3, -0.25) is 4.79 Å². The van der Waals surface area contributed by atoms with E-state index in [1.54, 1.807) is 6.92 Å². The van der Waals surface area contributed by atoms with Gasteiger partial charge in [0.15, 0.2) is 0 Å². The number of hydrogen-bond donors (Lipinski definition) is 0. The summed E-state index contributed by atoms with van der Waals surface area (Å²) in [4.78, 5) is 10.8. The molecule has 0 aliphatic carbocycles.